The van der Waals surface area contributed by atoms with E-state index in [-0.39, 0.29) is 25.2 Å². The Balaban J connectivity index is 3.34. The fourth-order valence-electron chi connectivity index (χ4n) is 12.4. The predicted octanol–water partition coefficient (Wildman–Crippen LogP) is 27.1. The van der Waals surface area contributed by atoms with Crippen molar-refractivity contribution in [2.45, 2.75) is 457 Å². The van der Waals surface area contributed by atoms with E-state index in [1.807, 2.05) is 0 Å². The van der Waals surface area contributed by atoms with Gasteiger partial charge in [0.15, 0.2) is 6.10 Å². The van der Waals surface area contributed by atoms with Crippen molar-refractivity contribution in [2.24, 2.45) is 0 Å². The Hall–Kier alpha value is -1.62. The first-order valence-corrected chi connectivity index (χ1v) is 38.9. The molecule has 0 bridgehead atoms. The van der Waals surface area contributed by atoms with Crippen molar-refractivity contribution in [3.05, 3.63) is 24.3 Å². The van der Waals surface area contributed by atoms with Gasteiger partial charge in [-0.15, -0.1) is 0 Å². The monoisotopic (exact) mass is 1180 g/mol. The van der Waals surface area contributed by atoms with E-state index in [1.54, 1.807) is 0 Å². The summed E-state index contributed by atoms with van der Waals surface area (Å²) in [5.41, 5.74) is 0. The van der Waals surface area contributed by atoms with Crippen LogP contribution in [0.25, 0.3) is 0 Å². The zero-order valence-electron chi connectivity index (χ0n) is 57.5. The Kier molecular flexibility index (Phi) is 74.2. The second-order valence-electron chi connectivity index (χ2n) is 26.8. The van der Waals surface area contributed by atoms with Gasteiger partial charge in [0.1, 0.15) is 6.61 Å². The van der Waals surface area contributed by atoms with Crippen LogP contribution in [0.3, 0.4) is 0 Å². The van der Waals surface area contributed by atoms with Gasteiger partial charge in [-0.25, -0.2) is 0 Å². The number of allylic oxidation sites excluding steroid dienone is 4. The van der Waals surface area contributed by atoms with Crippen molar-refractivity contribution in [1.82, 2.24) is 0 Å². The van der Waals surface area contributed by atoms with Crippen molar-refractivity contribution in [2.75, 3.05) is 13.2 Å². The van der Waals surface area contributed by atoms with Gasteiger partial charge in [0.05, 0.1) is 6.61 Å². The second-order valence-corrected chi connectivity index (χ2v) is 26.8. The van der Waals surface area contributed by atoms with E-state index in [9.17, 15) is 14.7 Å². The van der Waals surface area contributed by atoms with Gasteiger partial charge in [0.2, 0.25) is 0 Å². The molecule has 0 saturated carbocycles. The summed E-state index contributed by atoms with van der Waals surface area (Å²) >= 11 is 0. The SMILES string of the molecule is CCCCCCC/C=C\C/C=C\CCCCCCCCCCCCCCCCCCCC(=O)OC(CO)COC(=O)CCCCCCCCCCCCCCCCCCCCCCCCCCCCCCCCCCCCCCCCCCC. The molecule has 0 aliphatic rings. The maximum absolute atomic E-state index is 12.4. The van der Waals surface area contributed by atoms with Crippen LogP contribution in [0.1, 0.15) is 450 Å². The smallest absolute Gasteiger partial charge is 0.306 e. The first kappa shape index (κ1) is 82.4. The molecule has 5 heteroatoms. The molecule has 0 aromatic rings. The van der Waals surface area contributed by atoms with Gasteiger partial charge in [0, 0.05) is 12.8 Å². The maximum Gasteiger partial charge on any atom is 0.306 e. The molecule has 1 N–H and O–H groups in total. The van der Waals surface area contributed by atoms with Crippen molar-refractivity contribution in [3.63, 3.8) is 0 Å². The van der Waals surface area contributed by atoms with Gasteiger partial charge in [-0.3, -0.25) is 9.59 Å². The molecule has 0 saturated heterocycles. The summed E-state index contributed by atoms with van der Waals surface area (Å²) in [5.74, 6) is -0.562. The Bertz CT molecular complexity index is 1290. The summed E-state index contributed by atoms with van der Waals surface area (Å²) in [6, 6.07) is 0. The Morgan fingerprint density at radius 2 is 0.476 bits per heavy atom. The Labute approximate surface area is 527 Å². The van der Waals surface area contributed by atoms with Crippen LogP contribution in [-0.4, -0.2) is 36.4 Å². The third-order valence-electron chi connectivity index (χ3n) is 18.2. The third-order valence-corrected chi connectivity index (χ3v) is 18.2. The lowest BCUT2D eigenvalue weighted by Crippen LogP contribution is -2.28. The first-order valence-electron chi connectivity index (χ1n) is 38.9. The minimum absolute atomic E-state index is 0.0581. The zero-order valence-corrected chi connectivity index (χ0v) is 57.5. The number of hydrogen-bond donors (Lipinski definition) is 1. The van der Waals surface area contributed by atoms with E-state index in [4.69, 9.17) is 9.47 Å². The molecule has 0 aromatic carbocycles. The van der Waals surface area contributed by atoms with E-state index in [0.29, 0.717) is 12.8 Å². The van der Waals surface area contributed by atoms with Gasteiger partial charge >= 0.3 is 11.9 Å². The number of ether oxygens (including phenoxy) is 2. The molecule has 0 radical (unpaired) electrons. The molecule has 0 rings (SSSR count). The number of aliphatic hydroxyl groups excluding tert-OH is 1. The van der Waals surface area contributed by atoms with Crippen molar-refractivity contribution in [3.8, 4) is 0 Å². The average molecular weight is 1180 g/mol. The lowest BCUT2D eigenvalue weighted by atomic mass is 10.0. The highest BCUT2D eigenvalue weighted by atomic mass is 16.6. The molecule has 0 aliphatic heterocycles. The zero-order chi connectivity index (χ0) is 60.5. The predicted molar refractivity (Wildman–Crippen MR) is 372 cm³/mol. The molecule has 1 atom stereocenters. The second kappa shape index (κ2) is 75.6. The summed E-state index contributed by atoms with van der Waals surface area (Å²) < 4.78 is 10.8. The van der Waals surface area contributed by atoms with Gasteiger partial charge in [0.25, 0.3) is 0 Å². The number of hydrogen-bond acceptors (Lipinski definition) is 5. The Morgan fingerprint density at radius 1 is 0.274 bits per heavy atom. The standard InChI is InChI=1S/C79H152O5/c1-3-5-7-9-11-13-15-17-19-21-23-25-27-29-31-33-34-35-36-37-38-39-40-41-42-43-44-46-47-49-51-53-55-57-59-61-63-65-67-69-71-73-78(81)83-76-77(75-80)84-79(82)74-72-70-68-66-64-62-60-58-56-54-52-50-48-45-32-30-28-26-24-22-20-18-16-14-12-10-8-6-4-2/h16,18,22,24,77,80H,3-15,17,19-21,23,25-76H2,1-2H3/b18-16-,24-22-. The molecule has 0 amide bonds. The molecule has 0 spiro atoms. The third kappa shape index (κ3) is 72.9. The van der Waals surface area contributed by atoms with Crippen LogP contribution in [0, 0.1) is 0 Å². The van der Waals surface area contributed by atoms with E-state index in [1.165, 1.54) is 385 Å². The van der Waals surface area contributed by atoms with Crippen LogP contribution in [0.15, 0.2) is 24.3 Å². The molecular formula is C79H152O5. The van der Waals surface area contributed by atoms with Crippen LogP contribution in [0.2, 0.25) is 0 Å². The molecular weight excluding hydrogens is 1030 g/mol. The number of esters is 2. The maximum atomic E-state index is 12.4. The summed E-state index contributed by atoms with van der Waals surface area (Å²) in [4.78, 5) is 24.7. The number of carbonyl (C=O) groups is 2. The highest BCUT2D eigenvalue weighted by Gasteiger charge is 2.16. The fourth-order valence-corrected chi connectivity index (χ4v) is 12.4. The molecule has 0 aromatic heterocycles. The highest BCUT2D eigenvalue weighted by Crippen LogP contribution is 2.20. The van der Waals surface area contributed by atoms with Gasteiger partial charge in [-0.05, 0) is 44.9 Å². The summed E-state index contributed by atoms with van der Waals surface area (Å²) in [7, 11) is 0. The van der Waals surface area contributed by atoms with Gasteiger partial charge in [-0.1, -0.05) is 417 Å². The lowest BCUT2D eigenvalue weighted by molar-refractivity contribution is -0.161. The van der Waals surface area contributed by atoms with Gasteiger partial charge < -0.3 is 14.6 Å². The van der Waals surface area contributed by atoms with Crippen molar-refractivity contribution < 1.29 is 24.2 Å². The van der Waals surface area contributed by atoms with Crippen molar-refractivity contribution >= 4 is 11.9 Å². The van der Waals surface area contributed by atoms with Crippen LogP contribution >= 0.6 is 0 Å². The van der Waals surface area contributed by atoms with Crippen LogP contribution in [0.4, 0.5) is 0 Å². The first-order chi connectivity index (χ1) is 41.6. The minimum Gasteiger partial charge on any atom is -0.462 e. The topological polar surface area (TPSA) is 72.8 Å². The van der Waals surface area contributed by atoms with Crippen LogP contribution in [-0.2, 0) is 19.1 Å². The molecule has 0 fully saturated rings. The van der Waals surface area contributed by atoms with E-state index in [0.717, 1.165) is 38.5 Å². The summed E-state index contributed by atoms with van der Waals surface area (Å²) in [6.07, 6.45) is 99.8. The fraction of sp³-hybridized carbons (Fsp3) is 0.924. The van der Waals surface area contributed by atoms with Crippen LogP contribution < -0.4 is 0 Å². The number of aliphatic hydroxyl groups is 1. The lowest BCUT2D eigenvalue weighted by Gasteiger charge is -2.15. The summed E-state index contributed by atoms with van der Waals surface area (Å²) in [6.45, 7) is 4.21. The van der Waals surface area contributed by atoms with E-state index >= 15 is 0 Å². The quantitative estimate of drug-likeness (QED) is 0.0373. The molecule has 5 nitrogen and oxygen atoms in total. The van der Waals surface area contributed by atoms with E-state index in [2.05, 4.69) is 38.2 Å². The normalized spacial score (nSPS) is 12.2. The average Bonchev–Trinajstić information content (AvgIpc) is 3.51. The molecule has 84 heavy (non-hydrogen) atoms. The number of carbonyl (C=O) groups excluding carboxylic acids is 2. The highest BCUT2D eigenvalue weighted by molar-refractivity contribution is 5.70. The number of rotatable bonds is 74. The molecule has 498 valence electrons. The van der Waals surface area contributed by atoms with E-state index < -0.39 is 6.10 Å². The van der Waals surface area contributed by atoms with Crippen molar-refractivity contribution in [1.29, 1.82) is 0 Å². The molecule has 0 aliphatic carbocycles. The number of unbranched alkanes of at least 4 members (excludes halogenated alkanes) is 62. The largest absolute Gasteiger partial charge is 0.462 e. The Morgan fingerprint density at radius 3 is 0.702 bits per heavy atom. The minimum atomic E-state index is -0.769. The summed E-state index contributed by atoms with van der Waals surface area (Å²) in [5, 5.41) is 9.72. The molecule has 1 unspecified atom stereocenters. The van der Waals surface area contributed by atoms with Crippen LogP contribution in [0.5, 0.6) is 0 Å². The van der Waals surface area contributed by atoms with Gasteiger partial charge in [-0.2, -0.15) is 0 Å². The molecule has 0 heterocycles.